The molecule has 0 aliphatic rings. The van der Waals surface area contributed by atoms with E-state index in [1.54, 1.807) is 6.33 Å². The van der Waals surface area contributed by atoms with Crippen molar-refractivity contribution < 1.29 is 9.36 Å². The van der Waals surface area contributed by atoms with Gasteiger partial charge in [-0.1, -0.05) is 25.4 Å². The van der Waals surface area contributed by atoms with E-state index in [9.17, 15) is 4.79 Å². The highest BCUT2D eigenvalue weighted by Crippen LogP contribution is 2.14. The standard InChI is InChI=1S/C12H13ClN2O/c1-8(2)12(16)6-15-7-14-10-5-9(13)3-4-11(10)15/h3-5,7-8H,6H2,1-2H3/p+1. The monoisotopic (exact) mass is 237 g/mol. The molecular formula is C12H14ClN2O+. The maximum absolute atomic E-state index is 11.7. The van der Waals surface area contributed by atoms with Gasteiger partial charge in [0.1, 0.15) is 6.54 Å². The quantitative estimate of drug-likeness (QED) is 0.818. The summed E-state index contributed by atoms with van der Waals surface area (Å²) in [6.07, 6.45) is 1.81. The van der Waals surface area contributed by atoms with Crippen LogP contribution in [0.4, 0.5) is 0 Å². The number of carbonyl (C=O) groups is 1. The number of fused-ring (bicyclic) bond motifs is 1. The molecule has 16 heavy (non-hydrogen) atoms. The molecule has 0 bridgehead atoms. The van der Waals surface area contributed by atoms with Crippen molar-refractivity contribution in [3.8, 4) is 0 Å². The number of nitrogens with one attached hydrogen (secondary N) is 1. The van der Waals surface area contributed by atoms with Crippen LogP contribution >= 0.6 is 11.6 Å². The lowest BCUT2D eigenvalue weighted by atomic mass is 10.1. The Morgan fingerprint density at radius 2 is 2.25 bits per heavy atom. The number of carbonyl (C=O) groups excluding carboxylic acids is 1. The van der Waals surface area contributed by atoms with Crippen LogP contribution in [0.25, 0.3) is 11.0 Å². The lowest BCUT2D eigenvalue weighted by Gasteiger charge is -2.01. The minimum Gasteiger partial charge on any atom is -0.295 e. The van der Waals surface area contributed by atoms with Crippen LogP contribution in [0.1, 0.15) is 13.8 Å². The molecule has 2 rings (SSSR count). The predicted molar refractivity (Wildman–Crippen MR) is 63.3 cm³/mol. The van der Waals surface area contributed by atoms with Crippen LogP contribution in [-0.4, -0.2) is 10.8 Å². The number of Topliss-reactive ketones (excluding diaryl/α,β-unsaturated/α-hetero) is 1. The normalized spacial score (nSPS) is 11.2. The zero-order valence-electron chi connectivity index (χ0n) is 9.33. The number of imidazole rings is 1. The first-order valence-corrected chi connectivity index (χ1v) is 5.64. The first-order chi connectivity index (χ1) is 7.58. The van der Waals surface area contributed by atoms with Gasteiger partial charge in [0.05, 0.1) is 0 Å². The molecule has 1 N–H and O–H groups in total. The highest BCUT2D eigenvalue weighted by atomic mass is 35.5. The minimum absolute atomic E-state index is 0.0600. The fourth-order valence-corrected chi connectivity index (χ4v) is 1.74. The molecule has 0 aliphatic carbocycles. The predicted octanol–water partition coefficient (Wildman–Crippen LogP) is 2.33. The van der Waals surface area contributed by atoms with Gasteiger partial charge in [0, 0.05) is 17.0 Å². The summed E-state index contributed by atoms with van der Waals surface area (Å²) in [6.45, 7) is 4.22. The van der Waals surface area contributed by atoms with Gasteiger partial charge in [0.25, 0.3) is 0 Å². The van der Waals surface area contributed by atoms with Gasteiger partial charge in [-0.05, 0) is 12.1 Å². The Morgan fingerprint density at radius 3 is 2.94 bits per heavy atom. The number of H-pyrrole nitrogens is 1. The smallest absolute Gasteiger partial charge is 0.242 e. The zero-order chi connectivity index (χ0) is 11.7. The fraction of sp³-hybridized carbons (Fsp3) is 0.333. The van der Waals surface area contributed by atoms with E-state index in [1.807, 2.05) is 36.6 Å². The Hall–Kier alpha value is -1.35. The van der Waals surface area contributed by atoms with Gasteiger partial charge in [-0.3, -0.25) is 4.79 Å². The van der Waals surface area contributed by atoms with Crippen LogP contribution in [0.3, 0.4) is 0 Å². The number of nitrogens with zero attached hydrogens (tertiary/aromatic N) is 1. The molecule has 2 aromatic rings. The summed E-state index contributed by atoms with van der Waals surface area (Å²) in [5.74, 6) is 0.283. The second kappa shape index (κ2) is 4.26. The number of rotatable bonds is 3. The molecule has 0 saturated heterocycles. The molecule has 1 heterocycles. The molecule has 0 fully saturated rings. The number of benzene rings is 1. The molecule has 0 amide bonds. The summed E-state index contributed by atoms with van der Waals surface area (Å²) in [6, 6.07) is 5.60. The number of ketones is 1. The lowest BCUT2D eigenvalue weighted by Crippen LogP contribution is -2.38. The molecule has 0 aliphatic heterocycles. The number of aromatic nitrogens is 2. The Balaban J connectivity index is 2.35. The highest BCUT2D eigenvalue weighted by molar-refractivity contribution is 6.31. The number of aromatic amines is 1. The van der Waals surface area contributed by atoms with Crippen LogP contribution in [0.15, 0.2) is 24.5 Å². The van der Waals surface area contributed by atoms with Crippen molar-refractivity contribution in [2.24, 2.45) is 5.92 Å². The van der Waals surface area contributed by atoms with Gasteiger partial charge in [-0.2, -0.15) is 0 Å². The second-order valence-corrected chi connectivity index (χ2v) is 4.62. The largest absolute Gasteiger partial charge is 0.295 e. The molecule has 0 spiro atoms. The van der Waals surface area contributed by atoms with E-state index < -0.39 is 0 Å². The second-order valence-electron chi connectivity index (χ2n) is 4.18. The highest BCUT2D eigenvalue weighted by Gasteiger charge is 2.15. The first kappa shape index (κ1) is 11.1. The third-order valence-corrected chi connectivity index (χ3v) is 2.85. The van der Waals surface area contributed by atoms with E-state index in [-0.39, 0.29) is 11.7 Å². The average Bonchev–Trinajstić information content (AvgIpc) is 2.60. The van der Waals surface area contributed by atoms with Crippen molar-refractivity contribution >= 4 is 28.4 Å². The van der Waals surface area contributed by atoms with Crippen LogP contribution in [0.5, 0.6) is 0 Å². The molecule has 84 valence electrons. The first-order valence-electron chi connectivity index (χ1n) is 5.26. The molecule has 4 heteroatoms. The average molecular weight is 238 g/mol. The lowest BCUT2D eigenvalue weighted by molar-refractivity contribution is -0.658. The molecule has 1 aromatic heterocycles. The summed E-state index contributed by atoms with van der Waals surface area (Å²) in [4.78, 5) is 14.8. The van der Waals surface area contributed by atoms with Crippen molar-refractivity contribution in [2.45, 2.75) is 20.4 Å². The molecular weight excluding hydrogens is 224 g/mol. The Morgan fingerprint density at radius 1 is 1.50 bits per heavy atom. The van der Waals surface area contributed by atoms with E-state index in [2.05, 4.69) is 4.98 Å². The van der Waals surface area contributed by atoms with E-state index in [0.29, 0.717) is 11.6 Å². The van der Waals surface area contributed by atoms with Gasteiger partial charge >= 0.3 is 0 Å². The molecule has 0 unspecified atom stereocenters. The maximum Gasteiger partial charge on any atom is 0.242 e. The Labute approximate surface area is 99.0 Å². The third kappa shape index (κ3) is 2.09. The van der Waals surface area contributed by atoms with E-state index in [0.717, 1.165) is 11.0 Å². The topological polar surface area (TPSA) is 36.7 Å². The van der Waals surface area contributed by atoms with Gasteiger partial charge in [-0.25, -0.2) is 9.55 Å². The van der Waals surface area contributed by atoms with Crippen LogP contribution in [0.2, 0.25) is 5.02 Å². The number of hydrogen-bond donors (Lipinski definition) is 1. The molecule has 0 radical (unpaired) electrons. The Bertz CT molecular complexity index is 531. The summed E-state index contributed by atoms with van der Waals surface area (Å²) in [5.41, 5.74) is 1.95. The summed E-state index contributed by atoms with van der Waals surface area (Å²) in [7, 11) is 0. The molecule has 0 atom stereocenters. The van der Waals surface area contributed by atoms with Crippen molar-refractivity contribution in [1.29, 1.82) is 0 Å². The van der Waals surface area contributed by atoms with Gasteiger partial charge in [0.15, 0.2) is 16.8 Å². The maximum atomic E-state index is 11.7. The van der Waals surface area contributed by atoms with Gasteiger partial charge < -0.3 is 0 Å². The minimum atomic E-state index is 0.0600. The van der Waals surface area contributed by atoms with Crippen molar-refractivity contribution in [3.63, 3.8) is 0 Å². The van der Waals surface area contributed by atoms with Crippen molar-refractivity contribution in [3.05, 3.63) is 29.5 Å². The van der Waals surface area contributed by atoms with Crippen LogP contribution in [0, 0.1) is 5.92 Å². The third-order valence-electron chi connectivity index (χ3n) is 2.61. The molecule has 0 saturated carbocycles. The van der Waals surface area contributed by atoms with Gasteiger partial charge in [-0.15, -0.1) is 0 Å². The molecule has 3 nitrogen and oxygen atoms in total. The van der Waals surface area contributed by atoms with Crippen molar-refractivity contribution in [2.75, 3.05) is 0 Å². The summed E-state index contributed by atoms with van der Waals surface area (Å²) >= 11 is 5.89. The summed E-state index contributed by atoms with van der Waals surface area (Å²) < 4.78 is 1.91. The van der Waals surface area contributed by atoms with Crippen molar-refractivity contribution in [1.82, 2.24) is 4.98 Å². The van der Waals surface area contributed by atoms with E-state index >= 15 is 0 Å². The fourth-order valence-electron chi connectivity index (χ4n) is 1.57. The van der Waals surface area contributed by atoms with E-state index in [1.165, 1.54) is 0 Å². The zero-order valence-corrected chi connectivity index (χ0v) is 10.1. The van der Waals surface area contributed by atoms with Crippen LogP contribution < -0.4 is 4.57 Å². The summed E-state index contributed by atoms with van der Waals surface area (Å²) in [5, 5.41) is 0.691. The number of hydrogen-bond acceptors (Lipinski definition) is 1. The number of halogens is 1. The SMILES string of the molecule is CC(C)C(=O)C[n+]1c[nH]c2cc(Cl)ccc21. The van der Waals surface area contributed by atoms with E-state index in [4.69, 9.17) is 11.6 Å². The van der Waals surface area contributed by atoms with Crippen LogP contribution in [-0.2, 0) is 11.3 Å². The molecule has 1 aromatic carbocycles. The van der Waals surface area contributed by atoms with Gasteiger partial charge in [0.2, 0.25) is 6.33 Å². The Kier molecular flexibility index (Phi) is 2.97.